The van der Waals surface area contributed by atoms with Crippen molar-refractivity contribution >= 4 is 26.9 Å². The van der Waals surface area contributed by atoms with Gasteiger partial charge in [-0.05, 0) is 38.7 Å². The van der Waals surface area contributed by atoms with E-state index in [0.29, 0.717) is 31.6 Å². The zero-order valence-corrected chi connectivity index (χ0v) is 17.4. The Balaban J connectivity index is 1.54. The molecule has 0 bridgehead atoms. The second-order valence-electron chi connectivity index (χ2n) is 8.70. The molecule has 2 fully saturated rings. The number of halogens is 1. The molecule has 2 aliphatic rings. The van der Waals surface area contributed by atoms with E-state index in [0.717, 1.165) is 6.20 Å². The van der Waals surface area contributed by atoms with E-state index >= 15 is 0 Å². The molecule has 1 amide bonds. The number of nitrogens with zero attached hydrogens (tertiary/aromatic N) is 3. The summed E-state index contributed by atoms with van der Waals surface area (Å²) in [6.07, 6.45) is 2.11. The third-order valence-electron chi connectivity index (χ3n) is 5.42. The molecule has 1 aromatic carbocycles. The van der Waals surface area contributed by atoms with E-state index in [1.54, 1.807) is 17.0 Å². The van der Waals surface area contributed by atoms with Gasteiger partial charge in [0.1, 0.15) is 5.60 Å². The average molecular weight is 421 g/mol. The number of carbonyl (C=O) groups excluding carboxylic acids is 1. The molecule has 0 aliphatic carbocycles. The summed E-state index contributed by atoms with van der Waals surface area (Å²) in [5.74, 6) is -0.574. The van der Waals surface area contributed by atoms with Crippen LogP contribution < -0.4 is 0 Å². The largest absolute Gasteiger partial charge is 0.444 e. The molecule has 2 aliphatic heterocycles. The number of hydrogen-bond acceptors (Lipinski definition) is 5. The predicted molar refractivity (Wildman–Crippen MR) is 105 cm³/mol. The van der Waals surface area contributed by atoms with Gasteiger partial charge in [-0.15, -0.1) is 0 Å². The zero-order valence-electron chi connectivity index (χ0n) is 16.6. The molecule has 3 heterocycles. The highest BCUT2D eigenvalue weighted by atomic mass is 32.2. The van der Waals surface area contributed by atoms with E-state index in [2.05, 4.69) is 4.98 Å². The number of pyridine rings is 1. The van der Waals surface area contributed by atoms with E-state index < -0.39 is 21.4 Å². The van der Waals surface area contributed by atoms with Gasteiger partial charge < -0.3 is 9.64 Å². The first-order chi connectivity index (χ1) is 13.6. The number of aromatic nitrogens is 1. The second-order valence-corrected chi connectivity index (χ2v) is 10.6. The molecule has 2 unspecified atom stereocenters. The lowest BCUT2D eigenvalue weighted by atomic mass is 10.0. The van der Waals surface area contributed by atoms with Gasteiger partial charge in [0.05, 0.1) is 11.1 Å². The monoisotopic (exact) mass is 421 g/mol. The molecule has 0 N–H and O–H groups in total. The third kappa shape index (κ3) is 3.69. The first-order valence-electron chi connectivity index (χ1n) is 9.56. The molecule has 2 atom stereocenters. The van der Waals surface area contributed by atoms with Crippen molar-refractivity contribution < 1.29 is 22.3 Å². The smallest absolute Gasteiger partial charge is 0.410 e. The SMILES string of the molecule is CC(C)(C)OC(=O)N1CC2CN(S(=O)(=O)c3cccc4cncc(F)c34)CC2C1. The summed E-state index contributed by atoms with van der Waals surface area (Å²) < 4.78 is 47.7. The number of sulfonamides is 1. The van der Waals surface area contributed by atoms with Crippen LogP contribution in [0.4, 0.5) is 9.18 Å². The highest BCUT2D eigenvalue weighted by Crippen LogP contribution is 2.36. The Morgan fingerprint density at radius 3 is 2.41 bits per heavy atom. The summed E-state index contributed by atoms with van der Waals surface area (Å²) in [6, 6.07) is 4.67. The fraction of sp³-hybridized carbons (Fsp3) is 0.500. The summed E-state index contributed by atoms with van der Waals surface area (Å²) in [4.78, 5) is 17.7. The van der Waals surface area contributed by atoms with Crippen molar-refractivity contribution in [3.63, 3.8) is 0 Å². The number of ether oxygens (including phenoxy) is 1. The first kappa shape index (κ1) is 20.0. The molecule has 4 rings (SSSR count). The van der Waals surface area contributed by atoms with E-state index in [9.17, 15) is 17.6 Å². The number of benzene rings is 1. The Hall–Kier alpha value is -2.26. The highest BCUT2D eigenvalue weighted by molar-refractivity contribution is 7.89. The molecular weight excluding hydrogens is 397 g/mol. The lowest BCUT2D eigenvalue weighted by molar-refractivity contribution is 0.0279. The Bertz CT molecular complexity index is 1050. The van der Waals surface area contributed by atoms with E-state index in [1.807, 2.05) is 20.8 Å². The minimum Gasteiger partial charge on any atom is -0.444 e. The van der Waals surface area contributed by atoms with Crippen molar-refractivity contribution in [1.82, 2.24) is 14.2 Å². The molecular formula is C20H24FN3O4S. The normalized spacial score (nSPS) is 22.8. The molecule has 0 spiro atoms. The van der Waals surface area contributed by atoms with Gasteiger partial charge in [-0.2, -0.15) is 4.31 Å². The standard InChI is InChI=1S/C20H24FN3O4S/c1-20(2,3)28-19(25)23-9-14-11-24(12-15(14)10-23)29(26,27)17-6-4-5-13-7-22-8-16(21)18(13)17/h4-8,14-15H,9-12H2,1-3H3. The van der Waals surface area contributed by atoms with E-state index in [-0.39, 0.29) is 28.2 Å². The van der Waals surface area contributed by atoms with Gasteiger partial charge in [0.2, 0.25) is 10.0 Å². The quantitative estimate of drug-likeness (QED) is 0.745. The van der Waals surface area contributed by atoms with Gasteiger partial charge in [0.25, 0.3) is 0 Å². The van der Waals surface area contributed by atoms with Crippen LogP contribution in [0, 0.1) is 17.7 Å². The molecule has 9 heteroatoms. The van der Waals surface area contributed by atoms with Gasteiger partial charge >= 0.3 is 6.09 Å². The fourth-order valence-corrected chi connectivity index (χ4v) is 5.91. The number of carbonyl (C=O) groups is 1. The van der Waals surface area contributed by atoms with Crippen LogP contribution in [-0.4, -0.2) is 60.5 Å². The highest BCUT2D eigenvalue weighted by Gasteiger charge is 2.46. The van der Waals surface area contributed by atoms with Crippen molar-refractivity contribution in [3.8, 4) is 0 Å². The lowest BCUT2D eigenvalue weighted by Crippen LogP contribution is -2.38. The Morgan fingerprint density at radius 2 is 1.79 bits per heavy atom. The van der Waals surface area contributed by atoms with Crippen molar-refractivity contribution in [2.75, 3.05) is 26.2 Å². The van der Waals surface area contributed by atoms with Gasteiger partial charge in [0.15, 0.2) is 5.82 Å². The molecule has 156 valence electrons. The van der Waals surface area contributed by atoms with Crippen molar-refractivity contribution in [1.29, 1.82) is 0 Å². The molecule has 7 nitrogen and oxygen atoms in total. The summed E-state index contributed by atoms with van der Waals surface area (Å²) in [6.45, 7) is 6.96. The molecule has 2 saturated heterocycles. The van der Waals surface area contributed by atoms with Gasteiger partial charge in [0, 0.05) is 43.1 Å². The van der Waals surface area contributed by atoms with Crippen molar-refractivity contribution in [3.05, 3.63) is 36.4 Å². The molecule has 0 saturated carbocycles. The van der Waals surface area contributed by atoms with E-state index in [4.69, 9.17) is 4.74 Å². The third-order valence-corrected chi connectivity index (χ3v) is 7.30. The van der Waals surface area contributed by atoms with Gasteiger partial charge in [-0.25, -0.2) is 17.6 Å². The van der Waals surface area contributed by atoms with Crippen LogP contribution in [0.5, 0.6) is 0 Å². The minimum absolute atomic E-state index is 0.0405. The fourth-order valence-electron chi connectivity index (χ4n) is 4.13. The molecule has 0 radical (unpaired) electrons. The van der Waals surface area contributed by atoms with Crippen LogP contribution in [0.2, 0.25) is 0 Å². The zero-order chi connectivity index (χ0) is 21.0. The van der Waals surface area contributed by atoms with Crippen LogP contribution >= 0.6 is 0 Å². The maximum absolute atomic E-state index is 14.4. The van der Waals surface area contributed by atoms with Crippen molar-refractivity contribution in [2.45, 2.75) is 31.3 Å². The maximum Gasteiger partial charge on any atom is 0.410 e. The Kier molecular flexibility index (Phi) is 4.77. The number of fused-ring (bicyclic) bond motifs is 2. The van der Waals surface area contributed by atoms with Crippen LogP contribution in [0.25, 0.3) is 10.8 Å². The first-order valence-corrected chi connectivity index (χ1v) is 11.0. The minimum atomic E-state index is -3.87. The number of likely N-dealkylation sites (tertiary alicyclic amines) is 1. The summed E-state index contributed by atoms with van der Waals surface area (Å²) in [7, 11) is -3.87. The Morgan fingerprint density at radius 1 is 1.14 bits per heavy atom. The molecule has 29 heavy (non-hydrogen) atoms. The van der Waals surface area contributed by atoms with Crippen LogP contribution in [0.3, 0.4) is 0 Å². The van der Waals surface area contributed by atoms with Gasteiger partial charge in [-0.3, -0.25) is 4.98 Å². The number of rotatable bonds is 2. The Labute approximate surface area is 169 Å². The predicted octanol–water partition coefficient (Wildman–Crippen LogP) is 2.86. The average Bonchev–Trinajstić information content (AvgIpc) is 3.19. The van der Waals surface area contributed by atoms with Crippen molar-refractivity contribution in [2.24, 2.45) is 11.8 Å². The number of amides is 1. The maximum atomic E-state index is 14.4. The van der Waals surface area contributed by atoms with Crippen LogP contribution in [0.1, 0.15) is 20.8 Å². The van der Waals surface area contributed by atoms with Crippen LogP contribution in [-0.2, 0) is 14.8 Å². The molecule has 1 aromatic heterocycles. The number of hydrogen-bond donors (Lipinski definition) is 0. The van der Waals surface area contributed by atoms with Crippen LogP contribution in [0.15, 0.2) is 35.5 Å². The van der Waals surface area contributed by atoms with E-state index in [1.165, 1.54) is 16.6 Å². The van der Waals surface area contributed by atoms with Gasteiger partial charge in [-0.1, -0.05) is 12.1 Å². The molecule has 2 aromatic rings. The summed E-state index contributed by atoms with van der Waals surface area (Å²) in [5, 5.41) is 0.511. The second kappa shape index (κ2) is 6.91. The topological polar surface area (TPSA) is 79.8 Å². The lowest BCUT2D eigenvalue weighted by Gasteiger charge is -2.26. The summed E-state index contributed by atoms with van der Waals surface area (Å²) in [5.41, 5.74) is -0.572. The summed E-state index contributed by atoms with van der Waals surface area (Å²) >= 11 is 0.